The van der Waals surface area contributed by atoms with Crippen LogP contribution in [0.1, 0.15) is 28.8 Å². The lowest BCUT2D eigenvalue weighted by Gasteiger charge is -2.10. The number of halogens is 1. The van der Waals surface area contributed by atoms with Crippen molar-refractivity contribution >= 4 is 27.6 Å². The highest BCUT2D eigenvalue weighted by atomic mass is 32.2. The Balaban J connectivity index is 1.67. The molecule has 28 heavy (non-hydrogen) atoms. The molecule has 8 nitrogen and oxygen atoms in total. The number of sulfonamides is 1. The Morgan fingerprint density at radius 3 is 2.39 bits per heavy atom. The second-order valence-electron chi connectivity index (χ2n) is 6.41. The summed E-state index contributed by atoms with van der Waals surface area (Å²) in [5.74, 6) is -1.45. The summed E-state index contributed by atoms with van der Waals surface area (Å²) in [5, 5.41) is 5.06. The molecule has 0 saturated heterocycles. The molecule has 0 spiro atoms. The summed E-state index contributed by atoms with van der Waals surface area (Å²) < 4.78 is 40.9. The van der Waals surface area contributed by atoms with Gasteiger partial charge in [0, 0.05) is 23.8 Å². The SMILES string of the molecule is NC(=O)Nc1ccc(CNC(=O)c2ccc(F)c(S(=O)(=O)NC3CC3)c2)cc1. The molecule has 0 bridgehead atoms. The van der Waals surface area contributed by atoms with Crippen molar-refractivity contribution < 1.29 is 22.4 Å². The van der Waals surface area contributed by atoms with Crippen LogP contribution in [0.3, 0.4) is 0 Å². The fourth-order valence-corrected chi connectivity index (χ4v) is 3.88. The minimum absolute atomic E-state index is 0.0320. The quantitative estimate of drug-likeness (QED) is 0.557. The first-order chi connectivity index (χ1) is 13.2. The van der Waals surface area contributed by atoms with E-state index < -0.39 is 32.7 Å². The van der Waals surface area contributed by atoms with Crippen molar-refractivity contribution in [1.29, 1.82) is 0 Å². The van der Waals surface area contributed by atoms with Crippen molar-refractivity contribution in [3.8, 4) is 0 Å². The molecule has 0 radical (unpaired) electrons. The van der Waals surface area contributed by atoms with Crippen molar-refractivity contribution in [3.05, 3.63) is 59.4 Å². The summed E-state index contributed by atoms with van der Waals surface area (Å²) in [7, 11) is -4.02. The van der Waals surface area contributed by atoms with E-state index in [1.807, 2.05) is 0 Å². The molecule has 0 atom stereocenters. The van der Waals surface area contributed by atoms with E-state index in [-0.39, 0.29) is 18.2 Å². The molecule has 0 heterocycles. The molecule has 1 saturated carbocycles. The summed E-state index contributed by atoms with van der Waals surface area (Å²) in [6.45, 7) is 0.162. The van der Waals surface area contributed by atoms with Gasteiger partial charge in [-0.15, -0.1) is 0 Å². The van der Waals surface area contributed by atoms with Crippen molar-refractivity contribution in [3.63, 3.8) is 0 Å². The van der Waals surface area contributed by atoms with Crippen LogP contribution in [0.5, 0.6) is 0 Å². The third-order valence-corrected chi connectivity index (χ3v) is 5.59. The number of urea groups is 1. The molecular formula is C18H19FN4O4S. The molecule has 3 amide bonds. The number of hydrogen-bond acceptors (Lipinski definition) is 4. The van der Waals surface area contributed by atoms with Crippen molar-refractivity contribution in [2.75, 3.05) is 5.32 Å². The zero-order valence-electron chi connectivity index (χ0n) is 14.7. The summed E-state index contributed by atoms with van der Waals surface area (Å²) in [6, 6.07) is 8.97. The molecule has 1 fully saturated rings. The third-order valence-electron chi connectivity index (χ3n) is 4.06. The number of carbonyl (C=O) groups is 2. The first kappa shape index (κ1) is 19.8. The molecule has 148 valence electrons. The van der Waals surface area contributed by atoms with Gasteiger partial charge < -0.3 is 16.4 Å². The fraction of sp³-hybridized carbons (Fsp3) is 0.222. The van der Waals surface area contributed by atoms with Crippen LogP contribution in [-0.4, -0.2) is 26.4 Å². The lowest BCUT2D eigenvalue weighted by molar-refractivity contribution is 0.0950. The Morgan fingerprint density at radius 1 is 1.11 bits per heavy atom. The van der Waals surface area contributed by atoms with Gasteiger partial charge in [0.1, 0.15) is 10.7 Å². The molecule has 0 aliphatic heterocycles. The van der Waals surface area contributed by atoms with E-state index in [0.29, 0.717) is 5.69 Å². The molecular weight excluding hydrogens is 387 g/mol. The molecule has 5 N–H and O–H groups in total. The minimum Gasteiger partial charge on any atom is -0.351 e. The smallest absolute Gasteiger partial charge is 0.316 e. The molecule has 3 rings (SSSR count). The number of carbonyl (C=O) groups excluding carboxylic acids is 2. The van der Waals surface area contributed by atoms with Gasteiger partial charge in [-0.3, -0.25) is 4.79 Å². The van der Waals surface area contributed by atoms with Crippen LogP contribution in [0.4, 0.5) is 14.9 Å². The Kier molecular flexibility index (Phi) is 5.61. The number of hydrogen-bond donors (Lipinski definition) is 4. The van der Waals surface area contributed by atoms with Gasteiger partial charge in [0.15, 0.2) is 0 Å². The maximum Gasteiger partial charge on any atom is 0.316 e. The van der Waals surface area contributed by atoms with Gasteiger partial charge in [0.05, 0.1) is 0 Å². The van der Waals surface area contributed by atoms with Gasteiger partial charge in [-0.1, -0.05) is 12.1 Å². The van der Waals surface area contributed by atoms with E-state index in [1.165, 1.54) is 6.07 Å². The first-order valence-electron chi connectivity index (χ1n) is 8.50. The van der Waals surface area contributed by atoms with Gasteiger partial charge in [0.2, 0.25) is 10.0 Å². The zero-order chi connectivity index (χ0) is 20.3. The normalized spacial score (nSPS) is 13.8. The lowest BCUT2D eigenvalue weighted by atomic mass is 10.1. The van der Waals surface area contributed by atoms with Crippen LogP contribution in [-0.2, 0) is 16.6 Å². The topological polar surface area (TPSA) is 130 Å². The first-order valence-corrected chi connectivity index (χ1v) is 9.98. The van der Waals surface area contributed by atoms with E-state index in [2.05, 4.69) is 15.4 Å². The highest BCUT2D eigenvalue weighted by molar-refractivity contribution is 7.89. The Morgan fingerprint density at radius 2 is 1.79 bits per heavy atom. The second kappa shape index (κ2) is 7.95. The number of amides is 3. The molecule has 2 aromatic carbocycles. The van der Waals surface area contributed by atoms with Gasteiger partial charge >= 0.3 is 6.03 Å². The van der Waals surface area contributed by atoms with Crippen molar-refractivity contribution in [2.24, 2.45) is 5.73 Å². The monoisotopic (exact) mass is 406 g/mol. The van der Waals surface area contributed by atoms with Gasteiger partial charge in [-0.2, -0.15) is 0 Å². The van der Waals surface area contributed by atoms with Gasteiger partial charge in [-0.05, 0) is 48.7 Å². The number of benzene rings is 2. The Hall–Kier alpha value is -2.98. The number of nitrogens with two attached hydrogens (primary N) is 1. The Bertz CT molecular complexity index is 1000. The maximum absolute atomic E-state index is 14.0. The highest BCUT2D eigenvalue weighted by Crippen LogP contribution is 2.24. The summed E-state index contributed by atoms with van der Waals surface area (Å²) in [4.78, 5) is 22.6. The average Bonchev–Trinajstić information content (AvgIpc) is 3.44. The van der Waals surface area contributed by atoms with E-state index in [4.69, 9.17) is 5.73 Å². The van der Waals surface area contributed by atoms with Gasteiger partial charge in [0.25, 0.3) is 5.91 Å². The molecule has 1 aliphatic rings. The van der Waals surface area contributed by atoms with Crippen LogP contribution in [0.15, 0.2) is 47.4 Å². The summed E-state index contributed by atoms with van der Waals surface area (Å²) in [5.41, 5.74) is 6.32. The van der Waals surface area contributed by atoms with Crippen molar-refractivity contribution in [2.45, 2.75) is 30.3 Å². The Labute approximate surface area is 161 Å². The predicted octanol–water partition coefficient (Wildman–Crippen LogP) is 1.69. The summed E-state index contributed by atoms with van der Waals surface area (Å²) >= 11 is 0. The van der Waals surface area contributed by atoms with Crippen LogP contribution in [0.2, 0.25) is 0 Å². The number of nitrogens with one attached hydrogen (secondary N) is 3. The second-order valence-corrected chi connectivity index (χ2v) is 8.09. The average molecular weight is 406 g/mol. The summed E-state index contributed by atoms with van der Waals surface area (Å²) in [6.07, 6.45) is 1.43. The maximum atomic E-state index is 14.0. The number of rotatable bonds is 7. The number of primary amides is 1. The third kappa shape index (κ3) is 5.05. The van der Waals surface area contributed by atoms with E-state index in [9.17, 15) is 22.4 Å². The fourth-order valence-electron chi connectivity index (χ4n) is 2.47. The number of anilines is 1. The minimum atomic E-state index is -4.02. The van der Waals surface area contributed by atoms with Crippen LogP contribution < -0.4 is 21.1 Å². The lowest BCUT2D eigenvalue weighted by Crippen LogP contribution is -2.28. The van der Waals surface area contributed by atoms with E-state index in [0.717, 1.165) is 30.5 Å². The molecule has 0 unspecified atom stereocenters. The molecule has 10 heteroatoms. The van der Waals surface area contributed by atoms with Crippen molar-refractivity contribution in [1.82, 2.24) is 10.0 Å². The predicted molar refractivity (Wildman–Crippen MR) is 101 cm³/mol. The largest absolute Gasteiger partial charge is 0.351 e. The zero-order valence-corrected chi connectivity index (χ0v) is 15.6. The van der Waals surface area contributed by atoms with Gasteiger partial charge in [-0.25, -0.2) is 22.3 Å². The standard InChI is InChI=1S/C18H19FN4O4S/c19-15-8-3-12(9-16(15)28(26,27)23-14-6-7-14)17(24)21-10-11-1-4-13(5-2-11)22-18(20)25/h1-5,8-9,14,23H,6-7,10H2,(H,21,24)(H3,20,22,25). The van der Waals surface area contributed by atoms with E-state index >= 15 is 0 Å². The molecule has 1 aliphatic carbocycles. The highest BCUT2D eigenvalue weighted by Gasteiger charge is 2.30. The molecule has 0 aromatic heterocycles. The van der Waals surface area contributed by atoms with Crippen LogP contribution in [0, 0.1) is 5.82 Å². The van der Waals surface area contributed by atoms with Crippen LogP contribution >= 0.6 is 0 Å². The molecule has 2 aromatic rings. The van der Waals surface area contributed by atoms with Crippen LogP contribution in [0.25, 0.3) is 0 Å². The van der Waals surface area contributed by atoms with E-state index in [1.54, 1.807) is 24.3 Å².